The Labute approximate surface area is 471 Å². The van der Waals surface area contributed by atoms with Crippen molar-refractivity contribution in [1.82, 2.24) is 0 Å². The molecule has 4 saturated carbocycles. The van der Waals surface area contributed by atoms with E-state index in [0.29, 0.717) is 50.5 Å². The summed E-state index contributed by atoms with van der Waals surface area (Å²) in [5, 5.41) is 143. The van der Waals surface area contributed by atoms with Gasteiger partial charge in [-0.25, -0.2) is 9.59 Å². The average Bonchev–Trinajstić information content (AvgIpc) is 3.28. The van der Waals surface area contributed by atoms with Crippen molar-refractivity contribution in [1.29, 1.82) is 0 Å². The highest BCUT2D eigenvalue weighted by molar-refractivity contribution is 5.87. The Morgan fingerprint density at radius 1 is 0.654 bits per heavy atom. The molecule has 4 saturated heterocycles. The summed E-state index contributed by atoms with van der Waals surface area (Å²) in [6.45, 7) is 16.4. The Hall–Kier alpha value is -2.38. The Bertz CT molecular complexity index is 2330. The standard InChI is InChI=1S/C57H90O24/c1-10-24(2)47(72)76-34-19-52(3,4)17-26-25-11-12-31-54(7)15-14-33(53(5,6)30(54)13-16-55(31,8)56(25,9)18-32(62)57(26,34)23-59)77-51-45(81-49-40(68)38(66)37(65)29(20-58)75-49)42(41(69)43(79-51)46(70)71)78-50-44(36(64)28(61)22-74-50)80-48-39(67)35(63)27(60)21-73-48/h10-11,26-45,48-51,58-69H,12-23H2,1-9H3,(H,70,71)/b24-10+/t26?,27-,28+,29-,30?,31?,32-,33+,34+,35+,36+,37-,38+,39-,40-,41+,42+,43+,44-,45-,48+,49+,50+,51-,54+,55-,56-,57+/m1/s1. The fourth-order valence-electron chi connectivity index (χ4n) is 16.8. The van der Waals surface area contributed by atoms with Gasteiger partial charge < -0.3 is 109 Å². The molecule has 0 spiro atoms. The van der Waals surface area contributed by atoms with Crippen LogP contribution in [-0.4, -0.2) is 234 Å². The van der Waals surface area contributed by atoms with Crippen LogP contribution in [0.3, 0.4) is 0 Å². The Kier molecular flexibility index (Phi) is 18.0. The number of fused-ring (bicyclic) bond motifs is 7. The lowest BCUT2D eigenvalue weighted by molar-refractivity contribution is -0.399. The number of rotatable bonds is 13. The van der Waals surface area contributed by atoms with Crippen molar-refractivity contribution < 1.29 is 119 Å². The van der Waals surface area contributed by atoms with E-state index in [1.807, 2.05) is 0 Å². The highest BCUT2D eigenvalue weighted by Gasteiger charge is 2.72. The molecule has 13 N–H and O–H groups in total. The number of carboxylic acids is 1. The maximum Gasteiger partial charge on any atom is 0.335 e. The van der Waals surface area contributed by atoms with Gasteiger partial charge in [0.1, 0.15) is 85.5 Å². The lowest BCUT2D eigenvalue weighted by Crippen LogP contribution is -2.70. The summed E-state index contributed by atoms with van der Waals surface area (Å²) in [6.07, 6.45) is -27.1. The minimum Gasteiger partial charge on any atom is -0.479 e. The molecule has 24 nitrogen and oxygen atoms in total. The first-order valence-electron chi connectivity index (χ1n) is 28.8. The molecule has 0 aromatic heterocycles. The first-order chi connectivity index (χ1) is 37.9. The van der Waals surface area contributed by atoms with Gasteiger partial charge in [-0.05, 0) is 110 Å². The minimum atomic E-state index is -2.19. The van der Waals surface area contributed by atoms with Gasteiger partial charge in [0.25, 0.3) is 0 Å². The van der Waals surface area contributed by atoms with E-state index >= 15 is 0 Å². The lowest BCUT2D eigenvalue weighted by atomic mass is 9.33. The molecule has 462 valence electrons. The van der Waals surface area contributed by atoms with E-state index in [-0.39, 0.29) is 40.6 Å². The number of aliphatic carboxylic acids is 1. The zero-order valence-electron chi connectivity index (χ0n) is 47.8. The fraction of sp³-hybridized carbons (Fsp3) is 0.895. The third-order valence-electron chi connectivity index (χ3n) is 21.7. The van der Waals surface area contributed by atoms with E-state index in [2.05, 4.69) is 54.5 Å². The molecule has 0 amide bonds. The summed E-state index contributed by atoms with van der Waals surface area (Å²) in [5.74, 6) is -2.42. The molecule has 8 fully saturated rings. The summed E-state index contributed by atoms with van der Waals surface area (Å²) >= 11 is 0. The van der Waals surface area contributed by atoms with E-state index < -0.39 is 177 Å². The molecule has 0 aromatic rings. The number of allylic oxidation sites excluding steroid dienone is 3. The fourth-order valence-corrected chi connectivity index (χ4v) is 16.8. The number of carboxylic acid groups (broad SMARTS) is 1. The molecule has 3 unspecified atom stereocenters. The molecule has 4 aliphatic heterocycles. The number of ether oxygens (including phenoxy) is 9. The summed E-state index contributed by atoms with van der Waals surface area (Å²) in [4.78, 5) is 26.5. The molecule has 0 aromatic carbocycles. The molecule has 0 radical (unpaired) electrons. The molecule has 81 heavy (non-hydrogen) atoms. The topological polar surface area (TPSA) is 380 Å². The molecule has 4 heterocycles. The molecule has 9 rings (SSSR count). The largest absolute Gasteiger partial charge is 0.479 e. The van der Waals surface area contributed by atoms with Gasteiger partial charge in [0.15, 0.2) is 31.3 Å². The summed E-state index contributed by atoms with van der Waals surface area (Å²) in [5.41, 5.74) is -1.79. The first-order valence-corrected chi connectivity index (χ1v) is 28.8. The van der Waals surface area contributed by atoms with Crippen molar-refractivity contribution >= 4 is 11.9 Å². The third kappa shape index (κ3) is 10.5. The maximum absolute atomic E-state index is 13.4. The molecule has 24 heteroatoms. The molecule has 28 atom stereocenters. The van der Waals surface area contributed by atoms with Crippen molar-refractivity contribution in [3.8, 4) is 0 Å². The van der Waals surface area contributed by atoms with Crippen molar-refractivity contribution in [3.63, 3.8) is 0 Å². The van der Waals surface area contributed by atoms with Crippen molar-refractivity contribution in [2.24, 2.45) is 50.2 Å². The number of carbonyl (C=O) groups excluding carboxylic acids is 1. The lowest BCUT2D eigenvalue weighted by Gasteiger charge is -2.72. The van der Waals surface area contributed by atoms with Crippen molar-refractivity contribution in [3.05, 3.63) is 23.3 Å². The smallest absolute Gasteiger partial charge is 0.335 e. The zero-order valence-corrected chi connectivity index (χ0v) is 47.8. The number of aliphatic hydroxyl groups is 12. The van der Waals surface area contributed by atoms with E-state index in [1.54, 1.807) is 19.9 Å². The SMILES string of the molecule is C/C=C(\C)C(=O)O[C@H]1CC(C)(C)CC2C3=CCC4[C@@]5(C)CC[C@H](O[C@@H]6O[C@H](C(=O)O)[C@@H](O)[C@H](O[C@@H]7OC[C@H](O)[C@H](O)[C@H]7O[C@@H]7OC[C@@H](O)[C@H](O)[C@H]7O)[C@H]6O[C@@H]6O[C@H](CO)[C@@H](O)[C@H](O)[C@H]6O)C(C)(C)C5CC[C@@]4(C)[C@]3(C)C[C@@H](O)[C@]21CO. The van der Waals surface area contributed by atoms with Crippen LogP contribution >= 0.6 is 0 Å². The minimum absolute atomic E-state index is 0.0579. The predicted molar refractivity (Wildman–Crippen MR) is 277 cm³/mol. The van der Waals surface area contributed by atoms with E-state index in [9.17, 15) is 76.0 Å². The van der Waals surface area contributed by atoms with Gasteiger partial charge in [-0.1, -0.05) is 66.2 Å². The van der Waals surface area contributed by atoms with Crippen LogP contribution in [0.25, 0.3) is 0 Å². The van der Waals surface area contributed by atoms with E-state index in [1.165, 1.54) is 5.57 Å². The normalized spacial score (nSPS) is 51.6. The maximum atomic E-state index is 13.4. The quantitative estimate of drug-likeness (QED) is 0.0468. The van der Waals surface area contributed by atoms with Crippen molar-refractivity contribution in [2.75, 3.05) is 26.4 Å². The highest BCUT2D eigenvalue weighted by atomic mass is 16.8. The van der Waals surface area contributed by atoms with Gasteiger partial charge in [0.2, 0.25) is 0 Å². The monoisotopic (exact) mass is 1160 g/mol. The van der Waals surface area contributed by atoms with Crippen LogP contribution in [-0.2, 0) is 52.2 Å². The molecule has 5 aliphatic carbocycles. The summed E-state index contributed by atoms with van der Waals surface area (Å²) in [7, 11) is 0. The number of hydrogen-bond donors (Lipinski definition) is 13. The summed E-state index contributed by atoms with van der Waals surface area (Å²) in [6, 6.07) is 0. The predicted octanol–water partition coefficient (Wildman–Crippen LogP) is -0.733. The number of carbonyl (C=O) groups is 2. The zero-order chi connectivity index (χ0) is 59.4. The van der Waals surface area contributed by atoms with Gasteiger partial charge in [-0.2, -0.15) is 0 Å². The Morgan fingerprint density at radius 2 is 1.28 bits per heavy atom. The van der Waals surface area contributed by atoms with Gasteiger partial charge in [0.05, 0.1) is 44.1 Å². The van der Waals surface area contributed by atoms with Gasteiger partial charge in [-0.15, -0.1) is 0 Å². The van der Waals surface area contributed by atoms with Crippen LogP contribution in [0.5, 0.6) is 0 Å². The second kappa shape index (κ2) is 23.0. The second-order valence-corrected chi connectivity index (χ2v) is 27.0. The van der Waals surface area contributed by atoms with Crippen molar-refractivity contribution in [2.45, 2.75) is 243 Å². The molecule has 9 aliphatic rings. The first kappa shape index (κ1) is 63.1. The third-order valence-corrected chi connectivity index (χ3v) is 21.7. The molecule has 0 bridgehead atoms. The van der Waals surface area contributed by atoms with Crippen LogP contribution < -0.4 is 0 Å². The Morgan fingerprint density at radius 3 is 1.93 bits per heavy atom. The molecular weight excluding hydrogens is 1070 g/mol. The van der Waals surface area contributed by atoms with Crippen LogP contribution in [0, 0.1) is 50.2 Å². The Balaban J connectivity index is 1.03. The van der Waals surface area contributed by atoms with Gasteiger partial charge in [-0.3, -0.25) is 0 Å². The molecular formula is C57H90O24. The number of esters is 1. The van der Waals surface area contributed by atoms with Crippen LogP contribution in [0.2, 0.25) is 0 Å². The van der Waals surface area contributed by atoms with Gasteiger partial charge >= 0.3 is 11.9 Å². The highest BCUT2D eigenvalue weighted by Crippen LogP contribution is 2.76. The van der Waals surface area contributed by atoms with E-state index in [4.69, 9.17) is 42.6 Å². The van der Waals surface area contributed by atoms with Crippen LogP contribution in [0.4, 0.5) is 0 Å². The second-order valence-electron chi connectivity index (χ2n) is 27.0. The van der Waals surface area contributed by atoms with Crippen LogP contribution in [0.15, 0.2) is 23.3 Å². The summed E-state index contributed by atoms with van der Waals surface area (Å²) < 4.78 is 54.9. The van der Waals surface area contributed by atoms with Gasteiger partial charge in [0, 0.05) is 5.57 Å². The van der Waals surface area contributed by atoms with E-state index in [0.717, 1.165) is 6.42 Å². The number of hydrogen-bond acceptors (Lipinski definition) is 23. The van der Waals surface area contributed by atoms with Crippen LogP contribution in [0.1, 0.15) is 114 Å². The average molecular weight is 1160 g/mol. The number of aliphatic hydroxyl groups excluding tert-OH is 12.